The summed E-state index contributed by atoms with van der Waals surface area (Å²) in [5, 5.41) is 8.59. The van der Waals surface area contributed by atoms with Crippen LogP contribution >= 0.6 is 11.6 Å². The van der Waals surface area contributed by atoms with Crippen molar-refractivity contribution < 1.29 is 28.1 Å². The van der Waals surface area contributed by atoms with Crippen LogP contribution in [0.5, 0.6) is 6.01 Å². The number of anilines is 1. The average Bonchev–Trinajstić information content (AvgIpc) is 3.65. The maximum absolute atomic E-state index is 16.9. The number of benzene rings is 1. The number of carbonyl (C=O) groups excluding carboxylic acids is 1. The number of fused-ring (bicyclic) bond motifs is 7. The van der Waals surface area contributed by atoms with E-state index in [9.17, 15) is 4.79 Å². The van der Waals surface area contributed by atoms with Crippen LogP contribution in [-0.4, -0.2) is 100 Å². The first kappa shape index (κ1) is 28.6. The van der Waals surface area contributed by atoms with Crippen LogP contribution in [0.3, 0.4) is 0 Å². The molecule has 1 spiro atoms. The Morgan fingerprint density at radius 3 is 2.93 bits per heavy atom. The number of nitrogens with one attached hydrogen (secondary N) is 1. The van der Waals surface area contributed by atoms with E-state index in [1.165, 1.54) is 12.8 Å². The van der Waals surface area contributed by atoms with Crippen LogP contribution in [0.4, 0.5) is 15.0 Å². The molecule has 1 N–H and O–H groups in total. The zero-order chi connectivity index (χ0) is 30.7. The van der Waals surface area contributed by atoms with Crippen LogP contribution in [0.25, 0.3) is 33.1 Å². The number of aromatic nitrogens is 5. The SMILES string of the molecule is CN1C(COc2nc3c4cnc(c(F)c4n2)-c2c(c(Cl)cc4[nH]ncc24)CCCOC(=O)OC2COCCN3C2)CCC12CC2. The summed E-state index contributed by atoms with van der Waals surface area (Å²) in [6, 6.07) is 2.05. The lowest BCUT2D eigenvalue weighted by Crippen LogP contribution is -2.37. The van der Waals surface area contributed by atoms with E-state index >= 15 is 4.39 Å². The van der Waals surface area contributed by atoms with E-state index in [0.29, 0.717) is 76.4 Å². The Kier molecular flexibility index (Phi) is 7.14. The van der Waals surface area contributed by atoms with Crippen LogP contribution in [0.1, 0.15) is 37.7 Å². The number of rotatable bonds is 3. The van der Waals surface area contributed by atoms with Gasteiger partial charge in [0.05, 0.1) is 43.5 Å². The summed E-state index contributed by atoms with van der Waals surface area (Å²) >= 11 is 6.76. The van der Waals surface area contributed by atoms with Crippen molar-refractivity contribution in [3.05, 3.63) is 34.9 Å². The number of likely N-dealkylation sites (N-methyl/N-ethyl adjacent to an activating group) is 1. The van der Waals surface area contributed by atoms with Gasteiger partial charge in [0, 0.05) is 40.3 Å². The summed E-state index contributed by atoms with van der Waals surface area (Å²) in [6.45, 7) is 1.69. The normalized spacial score (nSPS) is 23.4. The molecule has 4 aliphatic heterocycles. The van der Waals surface area contributed by atoms with Crippen LogP contribution in [0.15, 0.2) is 18.5 Å². The van der Waals surface area contributed by atoms with E-state index in [1.807, 2.05) is 4.90 Å². The zero-order valence-electron chi connectivity index (χ0n) is 24.9. The molecule has 2 atom stereocenters. The Labute approximate surface area is 263 Å². The highest BCUT2D eigenvalue weighted by Gasteiger charge is 2.52. The van der Waals surface area contributed by atoms with Gasteiger partial charge in [-0.2, -0.15) is 15.1 Å². The monoisotopic (exact) mass is 637 g/mol. The van der Waals surface area contributed by atoms with Gasteiger partial charge in [-0.1, -0.05) is 11.6 Å². The molecule has 7 heterocycles. The molecule has 2 saturated heterocycles. The zero-order valence-corrected chi connectivity index (χ0v) is 25.6. The topological polar surface area (TPSA) is 128 Å². The van der Waals surface area contributed by atoms with Crippen LogP contribution in [-0.2, 0) is 20.6 Å². The highest BCUT2D eigenvalue weighted by Crippen LogP contribution is 2.51. The second-order valence-corrected chi connectivity index (χ2v) is 12.8. The first-order valence-corrected chi connectivity index (χ1v) is 15.8. The van der Waals surface area contributed by atoms with Crippen LogP contribution in [0.2, 0.25) is 5.02 Å². The molecular formula is C31H33ClFN7O5. The maximum atomic E-state index is 16.9. The van der Waals surface area contributed by atoms with Crippen molar-refractivity contribution >= 4 is 45.4 Å². The van der Waals surface area contributed by atoms with E-state index in [4.69, 9.17) is 35.5 Å². The van der Waals surface area contributed by atoms with Crippen molar-refractivity contribution in [2.75, 3.05) is 51.5 Å². The summed E-state index contributed by atoms with van der Waals surface area (Å²) in [5.74, 6) is -0.190. The molecule has 1 aliphatic carbocycles. The summed E-state index contributed by atoms with van der Waals surface area (Å²) in [7, 11) is 2.15. The number of ether oxygens (including phenoxy) is 4. The molecule has 0 radical (unpaired) electrons. The Balaban J connectivity index is 1.28. The van der Waals surface area contributed by atoms with Crippen molar-refractivity contribution in [3.8, 4) is 17.3 Å². The first-order chi connectivity index (χ1) is 21.9. The van der Waals surface area contributed by atoms with Gasteiger partial charge in [-0.3, -0.25) is 15.0 Å². The van der Waals surface area contributed by atoms with Crippen molar-refractivity contribution in [2.45, 2.75) is 56.2 Å². The van der Waals surface area contributed by atoms with Gasteiger partial charge in [0.25, 0.3) is 0 Å². The molecule has 236 valence electrons. The Morgan fingerprint density at radius 2 is 2.09 bits per heavy atom. The number of hydrogen-bond donors (Lipinski definition) is 1. The van der Waals surface area contributed by atoms with E-state index < -0.39 is 18.1 Å². The van der Waals surface area contributed by atoms with Crippen molar-refractivity contribution in [1.29, 1.82) is 0 Å². The molecule has 1 aromatic carbocycles. The summed E-state index contributed by atoms with van der Waals surface area (Å²) in [4.78, 5) is 31.0. The Bertz CT molecular complexity index is 1800. The van der Waals surface area contributed by atoms with Gasteiger partial charge in [-0.05, 0) is 57.2 Å². The van der Waals surface area contributed by atoms with Gasteiger partial charge in [0.15, 0.2) is 5.82 Å². The molecule has 9 rings (SSSR count). The molecular weight excluding hydrogens is 605 g/mol. The molecule has 6 bridgehead atoms. The summed E-state index contributed by atoms with van der Waals surface area (Å²) in [5.41, 5.74) is 2.29. The standard InChI is InChI=1S/C31H33ClFN7O5/c1-39-17(4-5-31(39)6-7-31)15-44-29-36-26-21-12-34-27(25(26)33)24-19(22(32)11-23-20(24)13-35-38-23)3-2-9-43-30(41)45-18-14-40(28(21)37-29)8-10-42-16-18/h11-13,17-18H,2-10,14-16H2,1H3,(H,35,38). The van der Waals surface area contributed by atoms with Gasteiger partial charge in [-0.15, -0.1) is 0 Å². The number of aromatic amines is 1. The van der Waals surface area contributed by atoms with Gasteiger partial charge >= 0.3 is 12.2 Å². The molecule has 5 aliphatic rings. The average molecular weight is 638 g/mol. The molecule has 45 heavy (non-hydrogen) atoms. The molecule has 1 saturated carbocycles. The van der Waals surface area contributed by atoms with E-state index in [1.54, 1.807) is 18.5 Å². The molecule has 14 heteroatoms. The van der Waals surface area contributed by atoms with Crippen molar-refractivity contribution in [2.24, 2.45) is 0 Å². The fourth-order valence-electron chi connectivity index (χ4n) is 7.04. The minimum Gasteiger partial charge on any atom is -0.462 e. The predicted octanol–water partition coefficient (Wildman–Crippen LogP) is 4.67. The number of pyridine rings is 1. The molecule has 0 amide bonds. The maximum Gasteiger partial charge on any atom is 0.508 e. The molecule has 4 aromatic rings. The summed E-state index contributed by atoms with van der Waals surface area (Å²) in [6.07, 6.45) is 7.21. The highest BCUT2D eigenvalue weighted by molar-refractivity contribution is 6.33. The molecule has 2 unspecified atom stereocenters. The molecule has 3 aromatic heterocycles. The third-order valence-electron chi connectivity index (χ3n) is 9.74. The smallest absolute Gasteiger partial charge is 0.462 e. The first-order valence-electron chi connectivity index (χ1n) is 15.4. The lowest BCUT2D eigenvalue weighted by atomic mass is 9.95. The molecule has 3 fully saturated rings. The van der Waals surface area contributed by atoms with Crippen LogP contribution in [0, 0.1) is 5.82 Å². The van der Waals surface area contributed by atoms with Gasteiger partial charge < -0.3 is 23.8 Å². The summed E-state index contributed by atoms with van der Waals surface area (Å²) < 4.78 is 40.0. The lowest BCUT2D eigenvalue weighted by molar-refractivity contribution is -0.00448. The predicted molar refractivity (Wildman–Crippen MR) is 163 cm³/mol. The van der Waals surface area contributed by atoms with E-state index in [0.717, 1.165) is 12.8 Å². The van der Waals surface area contributed by atoms with Crippen molar-refractivity contribution in [3.63, 3.8) is 0 Å². The number of H-pyrrole nitrogens is 1. The third-order valence-corrected chi connectivity index (χ3v) is 10.1. The van der Waals surface area contributed by atoms with E-state index in [2.05, 4.69) is 32.1 Å². The minimum atomic E-state index is -0.781. The Hall–Kier alpha value is -3.81. The van der Waals surface area contributed by atoms with Crippen molar-refractivity contribution in [1.82, 2.24) is 30.0 Å². The minimum absolute atomic E-state index is 0.0710. The number of halogens is 2. The van der Waals surface area contributed by atoms with Crippen LogP contribution < -0.4 is 9.64 Å². The fraction of sp³-hybridized carbons (Fsp3) is 0.516. The number of carbonyl (C=O) groups is 1. The number of hydrogen-bond acceptors (Lipinski definition) is 11. The largest absolute Gasteiger partial charge is 0.508 e. The lowest BCUT2D eigenvalue weighted by Gasteiger charge is -2.27. The van der Waals surface area contributed by atoms with Gasteiger partial charge in [-0.25, -0.2) is 9.18 Å². The number of nitrogens with zero attached hydrogens (tertiary/aromatic N) is 6. The fourth-order valence-corrected chi connectivity index (χ4v) is 7.34. The van der Waals surface area contributed by atoms with Gasteiger partial charge in [0.1, 0.15) is 29.7 Å². The highest BCUT2D eigenvalue weighted by atomic mass is 35.5. The second-order valence-electron chi connectivity index (χ2n) is 12.4. The Morgan fingerprint density at radius 1 is 1.20 bits per heavy atom. The quantitative estimate of drug-likeness (QED) is 0.315. The van der Waals surface area contributed by atoms with Gasteiger partial charge in [0.2, 0.25) is 0 Å². The second kappa shape index (κ2) is 11.2. The molecule has 12 nitrogen and oxygen atoms in total. The van der Waals surface area contributed by atoms with E-state index in [-0.39, 0.29) is 43.0 Å². The number of likely N-dealkylation sites (tertiary alicyclic amines) is 1. The third kappa shape index (κ3) is 5.10.